The van der Waals surface area contributed by atoms with E-state index in [1.807, 2.05) is 46.7 Å². The van der Waals surface area contributed by atoms with Crippen LogP contribution in [0.5, 0.6) is 0 Å². The standard InChI is InChI=1S/C10H12O.C10H12S.C9H11NO.2C9H13NS.C9H11NS.6C4H10/c2*1-9(2)5-3-6-10-7-4-8-11-10;4*1-8(2)4-3-5-9-10-6-7-11-9;6*1-4(2)3/h2*4,7-9H,5H2,1-2H3;6-8H,4H2,1-2H3;2*3,5-8H,4H2,1-2H3;6-8H,4H2,1-2H3;6*4H,1-3H3/b;;;2*5-3+;;;;;;;. The Balaban J connectivity index is -0.000000219. The highest BCUT2D eigenvalue weighted by Gasteiger charge is 1.94. The molecular weight excluding hydrogens is 1180 g/mol. The molecule has 6 nitrogen and oxygen atoms in total. The van der Waals surface area contributed by atoms with Crippen LogP contribution in [0.15, 0.2) is 104 Å². The predicted molar refractivity (Wildman–Crippen MR) is 411 cm³/mol. The van der Waals surface area contributed by atoms with E-state index in [1.54, 1.807) is 64.0 Å². The van der Waals surface area contributed by atoms with Gasteiger partial charge in [-0.25, -0.2) is 19.9 Å². The Morgan fingerprint density at radius 2 is 0.733 bits per heavy atom. The summed E-state index contributed by atoms with van der Waals surface area (Å²) in [6, 6.07) is 7.80. The van der Waals surface area contributed by atoms with Crippen molar-refractivity contribution in [3.8, 4) is 47.4 Å². The van der Waals surface area contributed by atoms with Gasteiger partial charge in [0, 0.05) is 60.4 Å². The molecule has 0 saturated carbocycles. The van der Waals surface area contributed by atoms with Gasteiger partial charge in [-0.05, 0) is 137 Å². The van der Waals surface area contributed by atoms with Gasteiger partial charge >= 0.3 is 0 Å². The van der Waals surface area contributed by atoms with Crippen LogP contribution in [0.4, 0.5) is 0 Å². The number of hydrogen-bond donors (Lipinski definition) is 0. The molecule has 90 heavy (non-hydrogen) atoms. The molecule has 0 aliphatic carbocycles. The third-order valence-electron chi connectivity index (χ3n) is 7.40. The van der Waals surface area contributed by atoms with Gasteiger partial charge in [-0.3, -0.25) is 0 Å². The Morgan fingerprint density at radius 1 is 0.356 bits per heavy atom. The third-order valence-corrected chi connectivity index (χ3v) is 10.4. The molecule has 0 radical (unpaired) electrons. The van der Waals surface area contributed by atoms with Gasteiger partial charge < -0.3 is 8.83 Å². The lowest BCUT2D eigenvalue weighted by molar-refractivity contribution is 0.543. The maximum absolute atomic E-state index is 5.04. The highest BCUT2D eigenvalue weighted by atomic mass is 32.1. The van der Waals surface area contributed by atoms with Crippen molar-refractivity contribution in [3.63, 3.8) is 0 Å². The predicted octanol–water partition coefficient (Wildman–Crippen LogP) is 26.8. The molecule has 0 N–H and O–H groups in total. The van der Waals surface area contributed by atoms with E-state index in [2.05, 4.69) is 311 Å². The molecule has 0 fully saturated rings. The monoisotopic (exact) mass is 1310 g/mol. The van der Waals surface area contributed by atoms with Crippen LogP contribution in [0.1, 0.15) is 278 Å². The van der Waals surface area contributed by atoms with Gasteiger partial charge in [0.15, 0.2) is 10.8 Å². The zero-order valence-corrected chi connectivity index (χ0v) is 66.1. The summed E-state index contributed by atoms with van der Waals surface area (Å²) in [6.45, 7) is 65.1. The molecule has 6 rings (SSSR count). The second-order valence-electron chi connectivity index (χ2n) is 27.4. The summed E-state index contributed by atoms with van der Waals surface area (Å²) >= 11 is 6.64. The molecular formula is C80H132N4O2S4. The van der Waals surface area contributed by atoms with Crippen LogP contribution < -0.4 is 0 Å². The fourth-order valence-electron chi connectivity index (χ4n) is 4.13. The first-order valence-corrected chi connectivity index (χ1v) is 36.6. The minimum absolute atomic E-state index is 0.505. The van der Waals surface area contributed by atoms with E-state index in [9.17, 15) is 0 Å². The summed E-state index contributed by atoms with van der Waals surface area (Å²) in [5, 5.41) is 11.1. The molecule has 10 heteroatoms. The molecule has 0 saturated heterocycles. The van der Waals surface area contributed by atoms with E-state index in [1.165, 1.54) is 11.1 Å². The number of rotatable bonds is 10. The first-order valence-electron chi connectivity index (χ1n) is 33.1. The van der Waals surface area contributed by atoms with Crippen LogP contribution in [-0.4, -0.2) is 19.9 Å². The first kappa shape index (κ1) is 95.9. The molecule has 0 spiro atoms. The van der Waals surface area contributed by atoms with Crippen molar-refractivity contribution in [1.29, 1.82) is 0 Å². The Hall–Kier alpha value is -5.20. The molecule has 0 unspecified atom stereocenters. The smallest absolute Gasteiger partial charge is 0.273 e. The van der Waals surface area contributed by atoms with E-state index < -0.39 is 0 Å². The molecule has 6 aromatic rings. The number of oxazole rings is 1. The van der Waals surface area contributed by atoms with Crippen molar-refractivity contribution in [3.05, 3.63) is 127 Å². The number of thiophene rings is 1. The van der Waals surface area contributed by atoms with Crippen molar-refractivity contribution in [2.24, 2.45) is 71.0 Å². The normalized spacial score (nSPS) is 9.80. The maximum Gasteiger partial charge on any atom is 0.273 e. The van der Waals surface area contributed by atoms with E-state index in [0.29, 0.717) is 29.6 Å². The van der Waals surface area contributed by atoms with Gasteiger partial charge in [-0.2, -0.15) is 0 Å². The number of aromatic nitrogens is 4. The lowest BCUT2D eigenvalue weighted by Crippen LogP contribution is -1.81. The summed E-state index contributed by atoms with van der Waals surface area (Å²) in [5.41, 5.74) is 0. The van der Waals surface area contributed by atoms with Crippen LogP contribution >= 0.6 is 45.3 Å². The van der Waals surface area contributed by atoms with Gasteiger partial charge in [0.2, 0.25) is 0 Å². The summed E-state index contributed by atoms with van der Waals surface area (Å²) in [4.78, 5) is 17.4. The lowest BCUT2D eigenvalue weighted by atomic mass is 10.1. The SMILES string of the molecule is CC(C)C.CC(C)C.CC(C)C.CC(C)C.CC(C)C.CC(C)C.CC(C)C/C=C/c1nccs1.CC(C)C/C=C/c1nccs1.CC(C)CC#Cc1ccco1.CC(C)CC#Cc1cccs1.CC(C)CC#Cc1ncco1.CC(C)CC#Cc1nccs1. The van der Waals surface area contributed by atoms with Crippen molar-refractivity contribution < 1.29 is 8.83 Å². The highest BCUT2D eigenvalue weighted by molar-refractivity contribution is 7.11. The van der Waals surface area contributed by atoms with E-state index in [4.69, 9.17) is 8.83 Å². The van der Waals surface area contributed by atoms with Crippen molar-refractivity contribution in [2.45, 2.75) is 246 Å². The highest BCUT2D eigenvalue weighted by Crippen LogP contribution is 2.11. The second kappa shape index (κ2) is 69.7. The van der Waals surface area contributed by atoms with Crippen LogP contribution in [0, 0.1) is 118 Å². The number of thiazole rings is 3. The summed E-state index contributed by atoms with van der Waals surface area (Å²) in [6.07, 6.45) is 24.8. The van der Waals surface area contributed by atoms with Crippen LogP contribution in [-0.2, 0) is 0 Å². The minimum atomic E-state index is 0.505. The number of nitrogens with zero attached hydrogens (tertiary/aromatic N) is 4. The average molecular weight is 1310 g/mol. The van der Waals surface area contributed by atoms with Crippen LogP contribution in [0.3, 0.4) is 0 Å². The average Bonchev–Trinajstić information content (AvgIpc) is 4.35. The second-order valence-corrected chi connectivity index (χ2v) is 31.1. The fraction of sp³-hybridized carbons (Fsp3) is 0.600. The largest absolute Gasteiger partial charge is 0.456 e. The lowest BCUT2D eigenvalue weighted by Gasteiger charge is -1.94. The van der Waals surface area contributed by atoms with E-state index in [0.717, 1.165) is 107 Å². The summed E-state index contributed by atoms with van der Waals surface area (Å²) < 4.78 is 9.97. The number of allylic oxidation sites excluding steroid dienone is 2. The molecule has 508 valence electrons. The van der Waals surface area contributed by atoms with Gasteiger partial charge in [0.1, 0.15) is 16.3 Å². The topological polar surface area (TPSA) is 77.8 Å². The summed E-state index contributed by atoms with van der Waals surface area (Å²) in [5.74, 6) is 34.5. The molecule has 0 bridgehead atoms. The fourth-order valence-corrected chi connectivity index (χ4v) is 6.34. The van der Waals surface area contributed by atoms with Crippen LogP contribution in [0.25, 0.3) is 12.2 Å². The summed E-state index contributed by atoms with van der Waals surface area (Å²) in [7, 11) is 0. The zero-order valence-electron chi connectivity index (χ0n) is 62.8. The molecule has 6 aromatic heterocycles. The first-order chi connectivity index (χ1) is 42.1. The molecule has 0 aromatic carbocycles. The quantitative estimate of drug-likeness (QED) is 0.127. The number of hydrogen-bond acceptors (Lipinski definition) is 10. The van der Waals surface area contributed by atoms with Gasteiger partial charge in [-0.15, -0.1) is 45.3 Å². The van der Waals surface area contributed by atoms with Gasteiger partial charge in [0.25, 0.3) is 5.89 Å². The van der Waals surface area contributed by atoms with Gasteiger partial charge in [0.05, 0.1) is 17.3 Å². The third kappa shape index (κ3) is 105. The Morgan fingerprint density at radius 3 is 1.03 bits per heavy atom. The van der Waals surface area contributed by atoms with Crippen molar-refractivity contribution in [1.82, 2.24) is 19.9 Å². The Bertz CT molecular complexity index is 2250. The minimum Gasteiger partial charge on any atom is -0.456 e. The molecule has 0 aliphatic rings. The molecule has 0 amide bonds. The van der Waals surface area contributed by atoms with Gasteiger partial charge in [-0.1, -0.05) is 256 Å². The van der Waals surface area contributed by atoms with Crippen LogP contribution in [0.2, 0.25) is 0 Å². The van der Waals surface area contributed by atoms with Crippen molar-refractivity contribution >= 4 is 57.5 Å². The van der Waals surface area contributed by atoms with E-state index in [-0.39, 0.29) is 0 Å². The Kier molecular flexibility index (Phi) is 74.3. The zero-order chi connectivity index (χ0) is 70.1. The molecule has 0 aliphatic heterocycles. The Labute approximate surface area is 573 Å². The number of furan rings is 1. The molecule has 0 atom stereocenters. The van der Waals surface area contributed by atoms with Crippen molar-refractivity contribution in [2.75, 3.05) is 0 Å². The van der Waals surface area contributed by atoms with E-state index >= 15 is 0 Å². The maximum atomic E-state index is 5.04. The molecule has 6 heterocycles.